The van der Waals surface area contributed by atoms with E-state index in [1.165, 1.54) is 24.0 Å². The summed E-state index contributed by atoms with van der Waals surface area (Å²) in [6, 6.07) is 8.85. The van der Waals surface area contributed by atoms with Gasteiger partial charge in [-0.1, -0.05) is 58.4 Å². The van der Waals surface area contributed by atoms with Gasteiger partial charge in [0.2, 0.25) is 0 Å². The summed E-state index contributed by atoms with van der Waals surface area (Å²) >= 11 is 0. The molecule has 0 amide bonds. The number of benzene rings is 1. The van der Waals surface area contributed by atoms with Crippen molar-refractivity contribution in [1.29, 1.82) is 0 Å². The number of ether oxygens (including phenoxy) is 1. The standard InChI is InChI=1S/C19H33NO/c1-5-6-17(4)14-21-15-19-9-7-18(8-10-19)11-12-20-13-16(2)3/h7-10,16-17,20H,5-6,11-15H2,1-4H3. The molecule has 1 N–H and O–H groups in total. The number of rotatable bonds is 11. The first-order chi connectivity index (χ1) is 10.1. The van der Waals surface area contributed by atoms with Crippen molar-refractivity contribution in [2.75, 3.05) is 19.7 Å². The number of hydrogen-bond donors (Lipinski definition) is 1. The Morgan fingerprint density at radius 3 is 2.33 bits per heavy atom. The summed E-state index contributed by atoms with van der Waals surface area (Å²) in [7, 11) is 0. The summed E-state index contributed by atoms with van der Waals surface area (Å²) in [5.41, 5.74) is 2.67. The Labute approximate surface area is 131 Å². The van der Waals surface area contributed by atoms with Crippen LogP contribution in [0.5, 0.6) is 0 Å². The molecular formula is C19H33NO. The van der Waals surface area contributed by atoms with Gasteiger partial charge in [-0.15, -0.1) is 0 Å². The van der Waals surface area contributed by atoms with Crippen LogP contribution in [-0.2, 0) is 17.8 Å². The van der Waals surface area contributed by atoms with Gasteiger partial charge in [0, 0.05) is 6.61 Å². The van der Waals surface area contributed by atoms with Crippen LogP contribution in [0.25, 0.3) is 0 Å². The molecule has 1 aromatic carbocycles. The lowest BCUT2D eigenvalue weighted by atomic mass is 10.1. The van der Waals surface area contributed by atoms with Gasteiger partial charge in [-0.05, 0) is 48.9 Å². The van der Waals surface area contributed by atoms with Crippen molar-refractivity contribution in [1.82, 2.24) is 5.32 Å². The molecule has 0 radical (unpaired) electrons. The Hall–Kier alpha value is -0.860. The summed E-state index contributed by atoms with van der Waals surface area (Å²) in [4.78, 5) is 0. The molecule has 0 saturated carbocycles. The van der Waals surface area contributed by atoms with E-state index >= 15 is 0 Å². The molecular weight excluding hydrogens is 258 g/mol. The van der Waals surface area contributed by atoms with Gasteiger partial charge in [0.25, 0.3) is 0 Å². The molecule has 0 saturated heterocycles. The van der Waals surface area contributed by atoms with Crippen LogP contribution in [0.3, 0.4) is 0 Å². The van der Waals surface area contributed by atoms with Crippen LogP contribution in [0.15, 0.2) is 24.3 Å². The molecule has 0 aliphatic carbocycles. The van der Waals surface area contributed by atoms with Crippen LogP contribution in [0.4, 0.5) is 0 Å². The molecule has 1 atom stereocenters. The first-order valence-corrected chi connectivity index (χ1v) is 8.48. The highest BCUT2D eigenvalue weighted by Crippen LogP contribution is 2.09. The second-order valence-electron chi connectivity index (χ2n) is 6.57. The van der Waals surface area contributed by atoms with E-state index in [2.05, 4.69) is 57.3 Å². The predicted molar refractivity (Wildman–Crippen MR) is 91.6 cm³/mol. The molecule has 0 heterocycles. The third-order valence-corrected chi connectivity index (χ3v) is 3.62. The molecule has 2 heteroatoms. The molecule has 1 aromatic rings. The second kappa shape index (κ2) is 10.8. The van der Waals surface area contributed by atoms with E-state index in [4.69, 9.17) is 4.74 Å². The van der Waals surface area contributed by atoms with Crippen LogP contribution < -0.4 is 5.32 Å². The van der Waals surface area contributed by atoms with E-state index in [1.807, 2.05) is 0 Å². The summed E-state index contributed by atoms with van der Waals surface area (Å²) in [6.07, 6.45) is 3.59. The summed E-state index contributed by atoms with van der Waals surface area (Å²) in [5.74, 6) is 1.39. The van der Waals surface area contributed by atoms with E-state index in [9.17, 15) is 0 Å². The topological polar surface area (TPSA) is 21.3 Å². The van der Waals surface area contributed by atoms with Crippen molar-refractivity contribution >= 4 is 0 Å². The first kappa shape index (κ1) is 18.2. The predicted octanol–water partition coefficient (Wildman–Crippen LogP) is 4.43. The zero-order chi connectivity index (χ0) is 15.5. The quantitative estimate of drug-likeness (QED) is 0.609. The molecule has 2 nitrogen and oxygen atoms in total. The maximum Gasteiger partial charge on any atom is 0.0717 e. The average Bonchev–Trinajstić information content (AvgIpc) is 2.45. The van der Waals surface area contributed by atoms with Gasteiger partial charge in [-0.25, -0.2) is 0 Å². The van der Waals surface area contributed by atoms with Gasteiger partial charge in [0.15, 0.2) is 0 Å². The van der Waals surface area contributed by atoms with Gasteiger partial charge < -0.3 is 10.1 Å². The minimum absolute atomic E-state index is 0.668. The van der Waals surface area contributed by atoms with Crippen molar-refractivity contribution < 1.29 is 4.74 Å². The Balaban J connectivity index is 2.21. The monoisotopic (exact) mass is 291 g/mol. The molecule has 0 bridgehead atoms. The normalized spacial score (nSPS) is 12.8. The van der Waals surface area contributed by atoms with Crippen molar-refractivity contribution in [2.24, 2.45) is 11.8 Å². The van der Waals surface area contributed by atoms with Gasteiger partial charge in [-0.2, -0.15) is 0 Å². The van der Waals surface area contributed by atoms with Gasteiger partial charge in [0.05, 0.1) is 6.61 Å². The van der Waals surface area contributed by atoms with Gasteiger partial charge in [0.1, 0.15) is 0 Å². The zero-order valence-electron chi connectivity index (χ0n) is 14.3. The van der Waals surface area contributed by atoms with E-state index in [0.717, 1.165) is 38.6 Å². The van der Waals surface area contributed by atoms with Crippen LogP contribution in [0, 0.1) is 11.8 Å². The van der Waals surface area contributed by atoms with E-state index in [-0.39, 0.29) is 0 Å². The third-order valence-electron chi connectivity index (χ3n) is 3.62. The largest absolute Gasteiger partial charge is 0.376 e. The van der Waals surface area contributed by atoms with Crippen LogP contribution >= 0.6 is 0 Å². The van der Waals surface area contributed by atoms with Crippen molar-refractivity contribution in [3.8, 4) is 0 Å². The second-order valence-corrected chi connectivity index (χ2v) is 6.57. The van der Waals surface area contributed by atoms with Gasteiger partial charge in [-0.3, -0.25) is 0 Å². The molecule has 0 spiro atoms. The highest BCUT2D eigenvalue weighted by atomic mass is 16.5. The van der Waals surface area contributed by atoms with Crippen molar-refractivity contribution in [2.45, 2.75) is 53.6 Å². The lowest BCUT2D eigenvalue weighted by molar-refractivity contribution is 0.0893. The van der Waals surface area contributed by atoms with E-state index in [0.29, 0.717) is 5.92 Å². The third kappa shape index (κ3) is 8.90. The highest BCUT2D eigenvalue weighted by Gasteiger charge is 2.01. The van der Waals surface area contributed by atoms with Crippen molar-refractivity contribution in [3.05, 3.63) is 35.4 Å². The number of nitrogens with one attached hydrogen (secondary N) is 1. The SMILES string of the molecule is CCCC(C)COCc1ccc(CCNCC(C)C)cc1. The Kier molecular flexibility index (Phi) is 9.36. The van der Waals surface area contributed by atoms with Gasteiger partial charge >= 0.3 is 0 Å². The Morgan fingerprint density at radius 1 is 1.05 bits per heavy atom. The van der Waals surface area contributed by atoms with E-state index < -0.39 is 0 Å². The average molecular weight is 291 g/mol. The number of hydrogen-bond acceptors (Lipinski definition) is 2. The summed E-state index contributed by atoms with van der Waals surface area (Å²) in [5, 5.41) is 3.48. The fourth-order valence-electron chi connectivity index (χ4n) is 2.38. The fraction of sp³-hybridized carbons (Fsp3) is 0.684. The minimum Gasteiger partial charge on any atom is -0.376 e. The maximum absolute atomic E-state index is 5.79. The van der Waals surface area contributed by atoms with Crippen LogP contribution in [-0.4, -0.2) is 19.7 Å². The molecule has 120 valence electrons. The lowest BCUT2D eigenvalue weighted by Gasteiger charge is -2.11. The molecule has 1 rings (SSSR count). The van der Waals surface area contributed by atoms with E-state index in [1.54, 1.807) is 0 Å². The summed E-state index contributed by atoms with van der Waals surface area (Å²) in [6.45, 7) is 12.7. The molecule has 0 fully saturated rings. The Morgan fingerprint density at radius 2 is 1.71 bits per heavy atom. The molecule has 21 heavy (non-hydrogen) atoms. The molecule has 0 aliphatic rings. The molecule has 0 aliphatic heterocycles. The minimum atomic E-state index is 0.668. The maximum atomic E-state index is 5.79. The lowest BCUT2D eigenvalue weighted by Crippen LogP contribution is -2.22. The molecule has 0 aromatic heterocycles. The summed E-state index contributed by atoms with van der Waals surface area (Å²) < 4.78 is 5.79. The van der Waals surface area contributed by atoms with Crippen LogP contribution in [0.2, 0.25) is 0 Å². The van der Waals surface area contributed by atoms with Crippen LogP contribution in [0.1, 0.15) is 51.7 Å². The highest BCUT2D eigenvalue weighted by molar-refractivity contribution is 5.22. The smallest absolute Gasteiger partial charge is 0.0717 e. The Bertz CT molecular complexity index is 358. The fourth-order valence-corrected chi connectivity index (χ4v) is 2.38. The zero-order valence-corrected chi connectivity index (χ0v) is 14.3. The van der Waals surface area contributed by atoms with Crippen molar-refractivity contribution in [3.63, 3.8) is 0 Å². The molecule has 1 unspecified atom stereocenters. The first-order valence-electron chi connectivity index (χ1n) is 8.48.